The summed E-state index contributed by atoms with van der Waals surface area (Å²) in [5, 5.41) is 12.8. The van der Waals surface area contributed by atoms with Gasteiger partial charge in [-0.3, -0.25) is 4.98 Å². The van der Waals surface area contributed by atoms with Crippen molar-refractivity contribution in [2.75, 3.05) is 5.75 Å². The van der Waals surface area contributed by atoms with Crippen LogP contribution in [0.5, 0.6) is 0 Å². The summed E-state index contributed by atoms with van der Waals surface area (Å²) < 4.78 is 7.78. The van der Waals surface area contributed by atoms with Crippen LogP contribution in [0.4, 0.5) is 0 Å². The number of hydrogen-bond donors (Lipinski definition) is 1. The van der Waals surface area contributed by atoms with Crippen LogP contribution in [0.15, 0.2) is 59.3 Å². The van der Waals surface area contributed by atoms with E-state index in [1.165, 1.54) is 10.1 Å². The number of fused-ring (bicyclic) bond motifs is 1. The smallest absolute Gasteiger partial charge is 0.257 e. The number of nitrogens with zero attached hydrogens (tertiary/aromatic N) is 3. The van der Waals surface area contributed by atoms with Crippen molar-refractivity contribution in [2.45, 2.75) is 13.0 Å². The fourth-order valence-electron chi connectivity index (χ4n) is 2.50. The molecule has 3 heterocycles. The largest absolute Gasteiger partial charge is 0.420 e. The van der Waals surface area contributed by atoms with Gasteiger partial charge in [0.05, 0.1) is 4.88 Å². The number of aromatic nitrogens is 3. The highest BCUT2D eigenvalue weighted by Crippen LogP contribution is 2.32. The van der Waals surface area contributed by atoms with E-state index >= 15 is 0 Å². The first-order chi connectivity index (χ1) is 13.3. The van der Waals surface area contributed by atoms with Crippen LogP contribution < -0.4 is 5.32 Å². The van der Waals surface area contributed by atoms with E-state index in [9.17, 15) is 0 Å². The Morgan fingerprint density at radius 1 is 1.19 bits per heavy atom. The number of hydrogen-bond acceptors (Lipinski definition) is 7. The molecule has 0 saturated heterocycles. The summed E-state index contributed by atoms with van der Waals surface area (Å²) in [5.41, 5.74) is 1.10. The molecule has 0 radical (unpaired) electrons. The minimum absolute atomic E-state index is 0.577. The minimum Gasteiger partial charge on any atom is -0.420 e. The van der Waals surface area contributed by atoms with Gasteiger partial charge in [-0.05, 0) is 29.1 Å². The summed E-state index contributed by atoms with van der Waals surface area (Å²) in [4.78, 5) is 5.09. The van der Waals surface area contributed by atoms with Gasteiger partial charge in [0.2, 0.25) is 5.89 Å². The second-order valence-corrected chi connectivity index (χ2v) is 8.61. The maximum absolute atomic E-state index is 5.81. The Hall–Kier alpha value is -2.29. The van der Waals surface area contributed by atoms with Gasteiger partial charge in [-0.2, -0.15) is 0 Å². The number of thiophene rings is 1. The third-order valence-corrected chi connectivity index (χ3v) is 6.23. The Morgan fingerprint density at radius 3 is 2.96 bits per heavy atom. The molecule has 0 aliphatic carbocycles. The Balaban J connectivity index is 1.27. The van der Waals surface area contributed by atoms with Crippen LogP contribution >= 0.6 is 35.3 Å². The maximum Gasteiger partial charge on any atom is 0.257 e. The average molecular weight is 413 g/mol. The Kier molecular flexibility index (Phi) is 5.76. The van der Waals surface area contributed by atoms with E-state index in [-0.39, 0.29) is 0 Å². The van der Waals surface area contributed by atoms with E-state index < -0.39 is 0 Å². The molecular weight excluding hydrogens is 396 g/mol. The number of rotatable bonds is 6. The van der Waals surface area contributed by atoms with Gasteiger partial charge in [0, 0.05) is 35.8 Å². The zero-order valence-corrected chi connectivity index (χ0v) is 16.7. The molecule has 27 heavy (non-hydrogen) atoms. The van der Waals surface area contributed by atoms with Crippen molar-refractivity contribution >= 4 is 49.7 Å². The topological polar surface area (TPSA) is 63.8 Å². The van der Waals surface area contributed by atoms with E-state index in [2.05, 4.69) is 38.7 Å². The molecule has 136 valence electrons. The SMILES string of the molecule is S=C(NCc1cccnc1)SCCc1nnc(-c2cc3ccccc3s2)o1. The van der Waals surface area contributed by atoms with Gasteiger partial charge in [-0.1, -0.05) is 48.2 Å². The molecule has 0 unspecified atom stereocenters. The van der Waals surface area contributed by atoms with E-state index in [0.29, 0.717) is 24.7 Å². The molecule has 0 amide bonds. The number of benzene rings is 1. The van der Waals surface area contributed by atoms with Gasteiger partial charge in [0.1, 0.15) is 4.32 Å². The second-order valence-electron chi connectivity index (χ2n) is 5.75. The van der Waals surface area contributed by atoms with Crippen LogP contribution in [0.25, 0.3) is 20.9 Å². The second kappa shape index (κ2) is 8.60. The van der Waals surface area contributed by atoms with Crippen LogP contribution in [-0.2, 0) is 13.0 Å². The van der Waals surface area contributed by atoms with E-state index in [1.807, 2.05) is 30.5 Å². The number of thiocarbonyl (C=S) groups is 1. The molecule has 5 nitrogen and oxygen atoms in total. The van der Waals surface area contributed by atoms with E-state index in [4.69, 9.17) is 16.6 Å². The zero-order chi connectivity index (χ0) is 18.5. The normalized spacial score (nSPS) is 11.0. The standard InChI is InChI=1S/C19H16N4OS3/c25-19(21-12-13-4-3-8-20-11-13)26-9-7-17-22-23-18(24-17)16-10-14-5-1-2-6-15(14)27-16/h1-6,8,10-11H,7,9,12H2,(H,21,25). The lowest BCUT2D eigenvalue weighted by atomic mass is 10.2. The fourth-order valence-corrected chi connectivity index (χ4v) is 4.44. The summed E-state index contributed by atoms with van der Waals surface area (Å²) in [7, 11) is 0. The molecule has 8 heteroatoms. The van der Waals surface area contributed by atoms with Gasteiger partial charge >= 0.3 is 0 Å². The molecule has 0 atom stereocenters. The third kappa shape index (κ3) is 4.71. The molecule has 0 bridgehead atoms. The number of thioether (sulfide) groups is 1. The number of nitrogens with one attached hydrogen (secondary N) is 1. The molecule has 4 rings (SSSR count). The summed E-state index contributed by atoms with van der Waals surface area (Å²) in [6, 6.07) is 14.3. The highest BCUT2D eigenvalue weighted by atomic mass is 32.2. The zero-order valence-electron chi connectivity index (χ0n) is 14.3. The van der Waals surface area contributed by atoms with E-state index in [1.54, 1.807) is 29.3 Å². The van der Waals surface area contributed by atoms with Crippen LogP contribution in [0, 0.1) is 0 Å². The first-order valence-corrected chi connectivity index (χ1v) is 10.6. The Bertz CT molecular complexity index is 1010. The Labute approximate surface area is 170 Å². The van der Waals surface area contributed by atoms with Gasteiger partial charge < -0.3 is 9.73 Å². The van der Waals surface area contributed by atoms with Crippen LogP contribution in [0.2, 0.25) is 0 Å². The highest BCUT2D eigenvalue weighted by Gasteiger charge is 2.12. The van der Waals surface area contributed by atoms with Crippen LogP contribution in [-0.4, -0.2) is 25.3 Å². The van der Waals surface area contributed by atoms with Gasteiger partial charge in [-0.25, -0.2) is 0 Å². The van der Waals surface area contributed by atoms with Crippen molar-refractivity contribution in [3.05, 3.63) is 66.3 Å². The third-order valence-electron chi connectivity index (χ3n) is 3.81. The van der Waals surface area contributed by atoms with Crippen molar-refractivity contribution < 1.29 is 4.42 Å². The van der Waals surface area contributed by atoms with Crippen LogP contribution in [0.3, 0.4) is 0 Å². The monoisotopic (exact) mass is 412 g/mol. The summed E-state index contributed by atoms with van der Waals surface area (Å²) in [5.74, 6) is 1.99. The fraction of sp³-hybridized carbons (Fsp3) is 0.158. The van der Waals surface area contributed by atoms with Crippen molar-refractivity contribution in [3.8, 4) is 10.8 Å². The van der Waals surface area contributed by atoms with Crippen molar-refractivity contribution in [3.63, 3.8) is 0 Å². The number of aryl methyl sites for hydroxylation is 1. The van der Waals surface area contributed by atoms with Gasteiger partial charge in [0.25, 0.3) is 5.89 Å². The molecule has 0 saturated carbocycles. The molecule has 4 aromatic rings. The maximum atomic E-state index is 5.81. The predicted octanol–water partition coefficient (Wildman–Crippen LogP) is 4.70. The lowest BCUT2D eigenvalue weighted by Gasteiger charge is -2.06. The first-order valence-electron chi connectivity index (χ1n) is 8.39. The molecule has 0 fully saturated rings. The number of pyridine rings is 1. The predicted molar refractivity (Wildman–Crippen MR) is 115 cm³/mol. The lowest BCUT2D eigenvalue weighted by molar-refractivity contribution is 0.515. The first kappa shape index (κ1) is 18.1. The lowest BCUT2D eigenvalue weighted by Crippen LogP contribution is -2.18. The molecular formula is C19H16N4OS3. The van der Waals surface area contributed by atoms with Crippen molar-refractivity contribution in [1.29, 1.82) is 0 Å². The highest BCUT2D eigenvalue weighted by molar-refractivity contribution is 8.22. The average Bonchev–Trinajstić information content (AvgIpc) is 3.34. The Morgan fingerprint density at radius 2 is 2.11 bits per heavy atom. The molecule has 0 aliphatic rings. The summed E-state index contributed by atoms with van der Waals surface area (Å²) in [6.07, 6.45) is 4.26. The molecule has 0 aliphatic heterocycles. The minimum atomic E-state index is 0.577. The summed E-state index contributed by atoms with van der Waals surface area (Å²) >= 11 is 8.59. The molecule has 1 aromatic carbocycles. The van der Waals surface area contributed by atoms with Crippen molar-refractivity contribution in [1.82, 2.24) is 20.5 Å². The van der Waals surface area contributed by atoms with E-state index in [0.717, 1.165) is 20.5 Å². The van der Waals surface area contributed by atoms with Gasteiger partial charge in [0.15, 0.2) is 0 Å². The van der Waals surface area contributed by atoms with Gasteiger partial charge in [-0.15, -0.1) is 21.5 Å². The molecule has 0 spiro atoms. The quantitative estimate of drug-likeness (QED) is 0.461. The van der Waals surface area contributed by atoms with Crippen LogP contribution in [0.1, 0.15) is 11.5 Å². The molecule has 3 aromatic heterocycles. The summed E-state index contributed by atoms with van der Waals surface area (Å²) in [6.45, 7) is 0.677. The molecule has 1 N–H and O–H groups in total. The van der Waals surface area contributed by atoms with Crippen molar-refractivity contribution in [2.24, 2.45) is 0 Å².